The van der Waals surface area contributed by atoms with Crippen LogP contribution in [0.15, 0.2) is 18.2 Å². The molecular formula is C14H18O2. The monoisotopic (exact) mass is 218 g/mol. The van der Waals surface area contributed by atoms with E-state index in [9.17, 15) is 4.79 Å². The van der Waals surface area contributed by atoms with E-state index in [0.717, 1.165) is 11.3 Å². The molecule has 16 heavy (non-hydrogen) atoms. The van der Waals surface area contributed by atoms with E-state index >= 15 is 0 Å². The molecule has 1 aliphatic carbocycles. The Hall–Kier alpha value is -1.31. The fourth-order valence-corrected chi connectivity index (χ4v) is 1.81. The van der Waals surface area contributed by atoms with Gasteiger partial charge in [0.2, 0.25) is 0 Å². The SMILES string of the molecule is Cc1ccc(C(C)C)cc1OC1CC(=O)C1. The Kier molecular flexibility index (Phi) is 2.99. The Morgan fingerprint density at radius 1 is 1.31 bits per heavy atom. The van der Waals surface area contributed by atoms with E-state index in [1.54, 1.807) is 0 Å². The number of carbonyl (C=O) groups is 1. The van der Waals surface area contributed by atoms with Crippen molar-refractivity contribution in [1.82, 2.24) is 0 Å². The van der Waals surface area contributed by atoms with Gasteiger partial charge in [0.25, 0.3) is 0 Å². The highest BCUT2D eigenvalue weighted by Gasteiger charge is 2.28. The van der Waals surface area contributed by atoms with E-state index < -0.39 is 0 Å². The molecule has 0 amide bonds. The van der Waals surface area contributed by atoms with Gasteiger partial charge in [-0.25, -0.2) is 0 Å². The lowest BCUT2D eigenvalue weighted by Crippen LogP contribution is -2.33. The number of aryl methyl sites for hydroxylation is 1. The van der Waals surface area contributed by atoms with Crippen LogP contribution in [0, 0.1) is 6.92 Å². The first-order valence-electron chi connectivity index (χ1n) is 5.85. The van der Waals surface area contributed by atoms with Gasteiger partial charge in [-0.1, -0.05) is 26.0 Å². The zero-order chi connectivity index (χ0) is 11.7. The number of ether oxygens (including phenoxy) is 1. The quantitative estimate of drug-likeness (QED) is 0.778. The number of carbonyl (C=O) groups excluding carboxylic acids is 1. The molecule has 0 bridgehead atoms. The highest BCUT2D eigenvalue weighted by atomic mass is 16.5. The largest absolute Gasteiger partial charge is 0.489 e. The number of hydrogen-bond acceptors (Lipinski definition) is 2. The van der Waals surface area contributed by atoms with Crippen LogP contribution in [0.3, 0.4) is 0 Å². The molecule has 0 N–H and O–H groups in total. The third kappa shape index (κ3) is 2.26. The summed E-state index contributed by atoms with van der Waals surface area (Å²) >= 11 is 0. The number of rotatable bonds is 3. The average molecular weight is 218 g/mol. The minimum Gasteiger partial charge on any atom is -0.489 e. The smallest absolute Gasteiger partial charge is 0.140 e. The van der Waals surface area contributed by atoms with Crippen molar-refractivity contribution in [3.63, 3.8) is 0 Å². The normalized spacial score (nSPS) is 16.4. The predicted molar refractivity (Wildman–Crippen MR) is 63.9 cm³/mol. The van der Waals surface area contributed by atoms with Crippen molar-refractivity contribution in [2.45, 2.75) is 45.6 Å². The van der Waals surface area contributed by atoms with Crippen molar-refractivity contribution in [2.24, 2.45) is 0 Å². The van der Waals surface area contributed by atoms with Gasteiger partial charge in [0, 0.05) is 12.8 Å². The Balaban J connectivity index is 2.12. The van der Waals surface area contributed by atoms with Crippen LogP contribution in [0.25, 0.3) is 0 Å². The van der Waals surface area contributed by atoms with Crippen LogP contribution in [0.4, 0.5) is 0 Å². The Labute approximate surface area is 96.6 Å². The molecule has 2 nitrogen and oxygen atoms in total. The lowest BCUT2D eigenvalue weighted by atomic mass is 9.94. The van der Waals surface area contributed by atoms with Gasteiger partial charge in [-0.2, -0.15) is 0 Å². The lowest BCUT2D eigenvalue weighted by Gasteiger charge is -2.26. The van der Waals surface area contributed by atoms with E-state index in [1.165, 1.54) is 5.56 Å². The van der Waals surface area contributed by atoms with Gasteiger partial charge in [0.1, 0.15) is 17.6 Å². The van der Waals surface area contributed by atoms with E-state index in [2.05, 4.69) is 32.0 Å². The van der Waals surface area contributed by atoms with Crippen molar-refractivity contribution in [2.75, 3.05) is 0 Å². The van der Waals surface area contributed by atoms with Crippen molar-refractivity contribution in [3.8, 4) is 5.75 Å². The van der Waals surface area contributed by atoms with Crippen LogP contribution in [0.1, 0.15) is 43.7 Å². The summed E-state index contributed by atoms with van der Waals surface area (Å²) in [7, 11) is 0. The molecule has 86 valence electrons. The molecule has 2 heteroatoms. The molecule has 0 spiro atoms. The van der Waals surface area contributed by atoms with Crippen LogP contribution in [-0.2, 0) is 4.79 Å². The minimum atomic E-state index is 0.105. The van der Waals surface area contributed by atoms with Crippen LogP contribution in [0.2, 0.25) is 0 Å². The summed E-state index contributed by atoms with van der Waals surface area (Å²) in [5.74, 6) is 1.75. The summed E-state index contributed by atoms with van der Waals surface area (Å²) in [5.41, 5.74) is 2.43. The predicted octanol–water partition coefficient (Wildman–Crippen LogP) is 3.23. The van der Waals surface area contributed by atoms with Gasteiger partial charge in [-0.15, -0.1) is 0 Å². The van der Waals surface area contributed by atoms with Crippen LogP contribution < -0.4 is 4.74 Å². The summed E-state index contributed by atoms with van der Waals surface area (Å²) in [6.45, 7) is 6.38. The standard InChI is InChI=1S/C14H18O2/c1-9(2)11-5-4-10(3)14(6-11)16-13-7-12(15)8-13/h4-6,9,13H,7-8H2,1-3H3. The molecular weight excluding hydrogens is 200 g/mol. The second-order valence-electron chi connectivity index (χ2n) is 4.87. The van der Waals surface area contributed by atoms with Gasteiger partial charge < -0.3 is 4.74 Å². The first kappa shape index (κ1) is 11.2. The highest BCUT2D eigenvalue weighted by molar-refractivity contribution is 5.85. The molecule has 1 aromatic rings. The van der Waals surface area contributed by atoms with Gasteiger partial charge in [-0.05, 0) is 30.0 Å². The number of Topliss-reactive ketones (excluding diaryl/α,β-unsaturated/α-hetero) is 1. The highest BCUT2D eigenvalue weighted by Crippen LogP contribution is 2.28. The second-order valence-corrected chi connectivity index (χ2v) is 4.87. The van der Waals surface area contributed by atoms with Gasteiger partial charge in [0.15, 0.2) is 0 Å². The van der Waals surface area contributed by atoms with Crippen molar-refractivity contribution >= 4 is 5.78 Å². The minimum absolute atomic E-state index is 0.105. The Morgan fingerprint density at radius 3 is 2.56 bits per heavy atom. The van der Waals surface area contributed by atoms with Crippen LogP contribution in [-0.4, -0.2) is 11.9 Å². The molecule has 0 atom stereocenters. The molecule has 1 saturated carbocycles. The maximum atomic E-state index is 10.9. The first-order valence-corrected chi connectivity index (χ1v) is 5.85. The first-order chi connectivity index (χ1) is 7.56. The summed E-state index contributed by atoms with van der Waals surface area (Å²) < 4.78 is 5.82. The van der Waals surface area contributed by atoms with E-state index in [-0.39, 0.29) is 6.10 Å². The fourth-order valence-electron chi connectivity index (χ4n) is 1.81. The molecule has 0 heterocycles. The maximum Gasteiger partial charge on any atom is 0.140 e. The number of ketones is 1. The van der Waals surface area contributed by atoms with Crippen molar-refractivity contribution < 1.29 is 9.53 Å². The second kappa shape index (κ2) is 4.28. The molecule has 2 rings (SSSR count). The summed E-state index contributed by atoms with van der Waals surface area (Å²) in [6.07, 6.45) is 1.25. The molecule has 1 aromatic carbocycles. The van der Waals surface area contributed by atoms with Gasteiger partial charge in [0.05, 0.1) is 0 Å². The molecule has 0 aromatic heterocycles. The van der Waals surface area contributed by atoms with Gasteiger partial charge in [-0.3, -0.25) is 4.79 Å². The van der Waals surface area contributed by atoms with Gasteiger partial charge >= 0.3 is 0 Å². The van der Waals surface area contributed by atoms with E-state index in [4.69, 9.17) is 4.74 Å². The van der Waals surface area contributed by atoms with Crippen molar-refractivity contribution in [1.29, 1.82) is 0 Å². The number of benzene rings is 1. The zero-order valence-corrected chi connectivity index (χ0v) is 10.1. The zero-order valence-electron chi connectivity index (χ0n) is 10.1. The fraction of sp³-hybridized carbons (Fsp3) is 0.500. The van der Waals surface area contributed by atoms with Crippen LogP contribution >= 0.6 is 0 Å². The average Bonchev–Trinajstić information content (AvgIpc) is 2.18. The third-order valence-electron chi connectivity index (χ3n) is 3.08. The third-order valence-corrected chi connectivity index (χ3v) is 3.08. The lowest BCUT2D eigenvalue weighted by molar-refractivity contribution is -0.129. The molecule has 0 aliphatic heterocycles. The summed E-state index contributed by atoms with van der Waals surface area (Å²) in [4.78, 5) is 10.9. The maximum absolute atomic E-state index is 10.9. The number of hydrogen-bond donors (Lipinski definition) is 0. The summed E-state index contributed by atoms with van der Waals surface area (Å²) in [5, 5.41) is 0. The molecule has 1 fully saturated rings. The van der Waals surface area contributed by atoms with E-state index in [1.807, 2.05) is 6.92 Å². The summed E-state index contributed by atoms with van der Waals surface area (Å²) in [6, 6.07) is 6.33. The molecule has 0 radical (unpaired) electrons. The van der Waals surface area contributed by atoms with Crippen LogP contribution in [0.5, 0.6) is 5.75 Å². The van der Waals surface area contributed by atoms with E-state index in [0.29, 0.717) is 24.5 Å². The van der Waals surface area contributed by atoms with Crippen molar-refractivity contribution in [3.05, 3.63) is 29.3 Å². The molecule has 1 aliphatic rings. The Morgan fingerprint density at radius 2 is 2.00 bits per heavy atom. The Bertz CT molecular complexity index is 399. The topological polar surface area (TPSA) is 26.3 Å². The molecule has 0 saturated heterocycles. The molecule has 0 unspecified atom stereocenters.